The molecule has 0 atom stereocenters. The van der Waals surface area contributed by atoms with Crippen molar-refractivity contribution in [2.75, 3.05) is 25.0 Å². The van der Waals surface area contributed by atoms with Crippen molar-refractivity contribution in [1.29, 1.82) is 0 Å². The fraction of sp³-hybridized carbons (Fsp3) is 0.364. The molecule has 2 heterocycles. The predicted molar refractivity (Wildman–Crippen MR) is 61.9 cm³/mol. The van der Waals surface area contributed by atoms with Gasteiger partial charge in [0.1, 0.15) is 0 Å². The summed E-state index contributed by atoms with van der Waals surface area (Å²) in [4.78, 5) is 15.9. The summed E-state index contributed by atoms with van der Waals surface area (Å²) >= 11 is 0. The van der Waals surface area contributed by atoms with Crippen LogP contribution in [-0.2, 0) is 0 Å². The molecule has 0 amide bonds. The highest BCUT2D eigenvalue weighted by Gasteiger charge is 2.22. The predicted octanol–water partition coefficient (Wildman–Crippen LogP) is 0.529. The summed E-state index contributed by atoms with van der Waals surface area (Å²) in [5, 5.41) is 3.23. The molecule has 0 spiro atoms. The maximum Gasteiger partial charge on any atom is 0.417 e. The van der Waals surface area contributed by atoms with Gasteiger partial charge in [0, 0.05) is 31.9 Å². The lowest BCUT2D eigenvalue weighted by Crippen LogP contribution is -2.56. The van der Waals surface area contributed by atoms with Crippen molar-refractivity contribution in [2.45, 2.75) is 6.04 Å². The molecule has 1 saturated heterocycles. The molecule has 16 heavy (non-hydrogen) atoms. The van der Waals surface area contributed by atoms with Crippen LogP contribution in [0.5, 0.6) is 0 Å². The molecule has 1 aliphatic heterocycles. The molecule has 1 fully saturated rings. The number of aromatic nitrogens is 1. The number of rotatable bonds is 2. The Hall–Kier alpha value is -1.75. The molecular formula is C11H13N3O2. The van der Waals surface area contributed by atoms with Gasteiger partial charge in [0.15, 0.2) is 5.58 Å². The van der Waals surface area contributed by atoms with E-state index in [2.05, 4.69) is 22.2 Å². The van der Waals surface area contributed by atoms with Crippen LogP contribution in [0.25, 0.3) is 11.1 Å². The van der Waals surface area contributed by atoms with Crippen LogP contribution in [0.2, 0.25) is 0 Å². The van der Waals surface area contributed by atoms with E-state index in [0.29, 0.717) is 11.6 Å². The highest BCUT2D eigenvalue weighted by atomic mass is 16.4. The molecule has 1 aliphatic rings. The lowest BCUT2D eigenvalue weighted by Gasteiger charge is -2.37. The number of likely N-dealkylation sites (N-methyl/N-ethyl adjacent to an activating group) is 1. The van der Waals surface area contributed by atoms with Crippen LogP contribution in [0.1, 0.15) is 0 Å². The topological polar surface area (TPSA) is 61.3 Å². The smallest absolute Gasteiger partial charge is 0.408 e. The average Bonchev–Trinajstić information content (AvgIpc) is 2.53. The maximum absolute atomic E-state index is 11.0. The van der Waals surface area contributed by atoms with E-state index < -0.39 is 5.76 Å². The van der Waals surface area contributed by atoms with Gasteiger partial charge in [-0.25, -0.2) is 4.79 Å². The van der Waals surface area contributed by atoms with E-state index in [0.717, 1.165) is 24.3 Å². The number of aromatic amines is 1. The number of oxazole rings is 1. The molecule has 1 aromatic carbocycles. The van der Waals surface area contributed by atoms with Crippen molar-refractivity contribution in [3.63, 3.8) is 0 Å². The average molecular weight is 219 g/mol. The van der Waals surface area contributed by atoms with E-state index in [4.69, 9.17) is 4.42 Å². The number of anilines is 1. The van der Waals surface area contributed by atoms with Gasteiger partial charge in [0.2, 0.25) is 0 Å². The Balaban J connectivity index is 2.00. The number of nitrogens with zero attached hydrogens (tertiary/aromatic N) is 1. The molecule has 5 nitrogen and oxygen atoms in total. The summed E-state index contributed by atoms with van der Waals surface area (Å²) in [5.74, 6) is -0.403. The van der Waals surface area contributed by atoms with E-state index in [1.807, 2.05) is 18.2 Å². The number of hydrogen-bond donors (Lipinski definition) is 2. The number of fused-ring (bicyclic) bond motifs is 1. The Bertz CT molecular complexity index is 568. The highest BCUT2D eigenvalue weighted by molar-refractivity contribution is 5.77. The van der Waals surface area contributed by atoms with Crippen molar-refractivity contribution >= 4 is 16.8 Å². The Kier molecular flexibility index (Phi) is 2.00. The van der Waals surface area contributed by atoms with Gasteiger partial charge in [-0.2, -0.15) is 0 Å². The number of benzene rings is 1. The molecular weight excluding hydrogens is 206 g/mol. The van der Waals surface area contributed by atoms with E-state index in [9.17, 15) is 4.79 Å². The van der Waals surface area contributed by atoms with Gasteiger partial charge in [-0.05, 0) is 12.1 Å². The van der Waals surface area contributed by atoms with Gasteiger partial charge in [0.25, 0.3) is 0 Å². The zero-order valence-corrected chi connectivity index (χ0v) is 8.99. The van der Waals surface area contributed by atoms with Gasteiger partial charge in [-0.15, -0.1) is 0 Å². The molecule has 5 heteroatoms. The zero-order chi connectivity index (χ0) is 11.1. The zero-order valence-electron chi connectivity index (χ0n) is 8.99. The van der Waals surface area contributed by atoms with Gasteiger partial charge in [0.05, 0.1) is 11.6 Å². The van der Waals surface area contributed by atoms with Crippen LogP contribution in [-0.4, -0.2) is 31.2 Å². The Morgan fingerprint density at radius 2 is 2.25 bits per heavy atom. The second-order valence-electron chi connectivity index (χ2n) is 4.12. The van der Waals surface area contributed by atoms with Gasteiger partial charge >= 0.3 is 5.76 Å². The van der Waals surface area contributed by atoms with E-state index in [-0.39, 0.29) is 0 Å². The van der Waals surface area contributed by atoms with Crippen molar-refractivity contribution in [3.05, 3.63) is 28.7 Å². The first-order valence-electron chi connectivity index (χ1n) is 5.30. The SMILES string of the molecule is CN(c1ccc2[nH]c(=O)oc2c1)C1CNC1. The van der Waals surface area contributed by atoms with E-state index in [1.54, 1.807) is 0 Å². The molecule has 0 saturated carbocycles. The van der Waals surface area contributed by atoms with E-state index >= 15 is 0 Å². The third kappa shape index (κ3) is 1.40. The number of H-pyrrole nitrogens is 1. The minimum atomic E-state index is -0.403. The molecule has 84 valence electrons. The Morgan fingerprint density at radius 1 is 1.44 bits per heavy atom. The second kappa shape index (κ2) is 3.38. The third-order valence-electron chi connectivity index (χ3n) is 3.12. The van der Waals surface area contributed by atoms with Crippen molar-refractivity contribution in [3.8, 4) is 0 Å². The van der Waals surface area contributed by atoms with Crippen molar-refractivity contribution < 1.29 is 4.42 Å². The second-order valence-corrected chi connectivity index (χ2v) is 4.12. The summed E-state index contributed by atoms with van der Waals surface area (Å²) in [5.41, 5.74) is 2.43. The monoisotopic (exact) mass is 219 g/mol. The molecule has 3 rings (SSSR count). The summed E-state index contributed by atoms with van der Waals surface area (Å²) in [6.45, 7) is 2.01. The molecule has 1 aromatic heterocycles. The van der Waals surface area contributed by atoms with Crippen LogP contribution in [0.4, 0.5) is 5.69 Å². The lowest BCUT2D eigenvalue weighted by atomic mass is 10.1. The quantitative estimate of drug-likeness (QED) is 0.773. The fourth-order valence-electron chi connectivity index (χ4n) is 1.91. The first-order valence-corrected chi connectivity index (χ1v) is 5.30. The van der Waals surface area contributed by atoms with Crippen LogP contribution in [0, 0.1) is 0 Å². The van der Waals surface area contributed by atoms with Gasteiger partial charge < -0.3 is 14.6 Å². The largest absolute Gasteiger partial charge is 0.417 e. The van der Waals surface area contributed by atoms with Crippen LogP contribution in [0.3, 0.4) is 0 Å². The van der Waals surface area contributed by atoms with Gasteiger partial charge in [-0.1, -0.05) is 0 Å². The Morgan fingerprint density at radius 3 is 2.94 bits per heavy atom. The highest BCUT2D eigenvalue weighted by Crippen LogP contribution is 2.21. The van der Waals surface area contributed by atoms with Crippen LogP contribution < -0.4 is 16.0 Å². The fourth-order valence-corrected chi connectivity index (χ4v) is 1.91. The normalized spacial score (nSPS) is 16.3. The first-order chi connectivity index (χ1) is 7.74. The van der Waals surface area contributed by atoms with Gasteiger partial charge in [-0.3, -0.25) is 4.98 Å². The van der Waals surface area contributed by atoms with Crippen LogP contribution in [0.15, 0.2) is 27.4 Å². The molecule has 0 aliphatic carbocycles. The molecule has 0 radical (unpaired) electrons. The number of nitrogens with one attached hydrogen (secondary N) is 2. The molecule has 2 aromatic rings. The third-order valence-corrected chi connectivity index (χ3v) is 3.12. The summed E-state index contributed by atoms with van der Waals surface area (Å²) in [6, 6.07) is 6.29. The first kappa shape index (κ1) is 9.47. The standard InChI is InChI=1S/C11H13N3O2/c1-14(8-5-12-6-8)7-2-3-9-10(4-7)16-11(15)13-9/h2-4,8,12H,5-6H2,1H3,(H,13,15). The summed E-state index contributed by atoms with van der Waals surface area (Å²) < 4.78 is 5.04. The lowest BCUT2D eigenvalue weighted by molar-refractivity contribution is 0.428. The van der Waals surface area contributed by atoms with Crippen molar-refractivity contribution in [1.82, 2.24) is 10.3 Å². The summed E-state index contributed by atoms with van der Waals surface area (Å²) in [7, 11) is 2.05. The molecule has 0 unspecified atom stereocenters. The summed E-state index contributed by atoms with van der Waals surface area (Å²) in [6.07, 6.45) is 0. The number of hydrogen-bond acceptors (Lipinski definition) is 4. The Labute approximate surface area is 92.1 Å². The maximum atomic E-state index is 11.0. The van der Waals surface area contributed by atoms with E-state index in [1.165, 1.54) is 0 Å². The minimum Gasteiger partial charge on any atom is -0.408 e. The van der Waals surface area contributed by atoms with Crippen molar-refractivity contribution in [2.24, 2.45) is 0 Å². The molecule has 0 bridgehead atoms. The molecule has 2 N–H and O–H groups in total. The van der Waals surface area contributed by atoms with Crippen LogP contribution >= 0.6 is 0 Å². The minimum absolute atomic E-state index is 0.403.